The van der Waals surface area contributed by atoms with Crippen LogP contribution in [0.25, 0.3) is 11.1 Å². The van der Waals surface area contributed by atoms with Crippen molar-refractivity contribution < 1.29 is 4.74 Å². The van der Waals surface area contributed by atoms with Crippen molar-refractivity contribution in [3.05, 3.63) is 72.1 Å². The summed E-state index contributed by atoms with van der Waals surface area (Å²) in [6.45, 7) is 8.64. The molecular weight excluding hydrogens is 296 g/mol. The summed E-state index contributed by atoms with van der Waals surface area (Å²) in [6.07, 6.45) is 3.58. The zero-order valence-electron chi connectivity index (χ0n) is 14.6. The average Bonchev–Trinajstić information content (AvgIpc) is 2.56. The second-order valence-electron chi connectivity index (χ2n) is 7.00. The van der Waals surface area contributed by atoms with Crippen LogP contribution in [0.5, 0.6) is 11.8 Å². The fraction of sp³-hybridized carbons (Fsp3) is 0.238. The maximum atomic E-state index is 5.73. The quantitative estimate of drug-likeness (QED) is 0.636. The van der Waals surface area contributed by atoms with Crippen molar-refractivity contribution in [1.29, 1.82) is 0 Å². The van der Waals surface area contributed by atoms with Crippen molar-refractivity contribution in [2.24, 2.45) is 0 Å². The second kappa shape index (κ2) is 6.44. The van der Waals surface area contributed by atoms with E-state index in [-0.39, 0.29) is 5.41 Å². The van der Waals surface area contributed by atoms with Gasteiger partial charge in [0, 0.05) is 18.0 Å². The van der Waals surface area contributed by atoms with Crippen LogP contribution >= 0.6 is 0 Å². The van der Waals surface area contributed by atoms with Gasteiger partial charge >= 0.3 is 6.01 Å². The van der Waals surface area contributed by atoms with Gasteiger partial charge in [0.1, 0.15) is 5.75 Å². The van der Waals surface area contributed by atoms with Crippen LogP contribution in [0.1, 0.15) is 31.9 Å². The molecule has 0 aliphatic rings. The van der Waals surface area contributed by atoms with Gasteiger partial charge < -0.3 is 4.74 Å². The summed E-state index contributed by atoms with van der Waals surface area (Å²) >= 11 is 0. The number of benzene rings is 2. The van der Waals surface area contributed by atoms with Gasteiger partial charge in [0.15, 0.2) is 0 Å². The minimum Gasteiger partial charge on any atom is -0.424 e. The van der Waals surface area contributed by atoms with Crippen LogP contribution in [0.2, 0.25) is 0 Å². The van der Waals surface area contributed by atoms with Gasteiger partial charge in [0.05, 0.1) is 0 Å². The number of rotatable bonds is 3. The normalized spacial score (nSPS) is 11.3. The average molecular weight is 318 g/mol. The molecule has 24 heavy (non-hydrogen) atoms. The van der Waals surface area contributed by atoms with E-state index in [0.717, 1.165) is 16.9 Å². The van der Waals surface area contributed by atoms with Crippen LogP contribution in [0, 0.1) is 6.92 Å². The monoisotopic (exact) mass is 318 g/mol. The number of nitrogens with zero attached hydrogens (tertiary/aromatic N) is 2. The summed E-state index contributed by atoms with van der Waals surface area (Å²) in [5.74, 6) is 0.742. The van der Waals surface area contributed by atoms with Gasteiger partial charge in [-0.3, -0.25) is 0 Å². The minimum absolute atomic E-state index is 0.130. The molecule has 1 heterocycles. The maximum absolute atomic E-state index is 5.73. The van der Waals surface area contributed by atoms with Gasteiger partial charge in [-0.05, 0) is 35.6 Å². The number of aryl methyl sites for hydroxylation is 1. The van der Waals surface area contributed by atoms with E-state index in [1.165, 1.54) is 11.1 Å². The summed E-state index contributed by atoms with van der Waals surface area (Å²) < 4.78 is 5.73. The van der Waals surface area contributed by atoms with Crippen molar-refractivity contribution in [2.75, 3.05) is 0 Å². The molecule has 0 amide bonds. The van der Waals surface area contributed by atoms with Crippen molar-refractivity contribution in [1.82, 2.24) is 9.97 Å². The molecule has 0 N–H and O–H groups in total. The van der Waals surface area contributed by atoms with Crippen LogP contribution in [0.4, 0.5) is 0 Å². The molecule has 0 atom stereocenters. The van der Waals surface area contributed by atoms with E-state index >= 15 is 0 Å². The molecule has 0 saturated heterocycles. The summed E-state index contributed by atoms with van der Waals surface area (Å²) in [7, 11) is 0. The molecule has 0 aliphatic carbocycles. The third-order valence-electron chi connectivity index (χ3n) is 3.94. The summed E-state index contributed by atoms with van der Waals surface area (Å²) in [5.41, 5.74) is 4.71. The molecule has 0 spiro atoms. The molecule has 0 fully saturated rings. The Morgan fingerprint density at radius 2 is 1.33 bits per heavy atom. The summed E-state index contributed by atoms with van der Waals surface area (Å²) in [4.78, 5) is 8.62. The van der Waals surface area contributed by atoms with Gasteiger partial charge in [-0.1, -0.05) is 62.7 Å². The Labute approximate surface area is 143 Å². The second-order valence-corrected chi connectivity index (χ2v) is 7.00. The van der Waals surface area contributed by atoms with E-state index in [2.05, 4.69) is 74.1 Å². The van der Waals surface area contributed by atoms with Gasteiger partial charge in [0.2, 0.25) is 0 Å². The van der Waals surface area contributed by atoms with Gasteiger partial charge in [-0.25, -0.2) is 9.97 Å². The first-order valence-corrected chi connectivity index (χ1v) is 8.09. The fourth-order valence-electron chi connectivity index (χ4n) is 2.39. The third-order valence-corrected chi connectivity index (χ3v) is 3.94. The van der Waals surface area contributed by atoms with Crippen LogP contribution in [0.15, 0.2) is 60.9 Å². The lowest BCUT2D eigenvalue weighted by molar-refractivity contribution is 0.441. The minimum atomic E-state index is 0.130. The molecule has 2 aromatic carbocycles. The van der Waals surface area contributed by atoms with E-state index in [9.17, 15) is 0 Å². The molecule has 122 valence electrons. The largest absolute Gasteiger partial charge is 0.424 e. The number of hydrogen-bond acceptors (Lipinski definition) is 3. The molecule has 0 bridgehead atoms. The first-order valence-electron chi connectivity index (χ1n) is 8.09. The smallest absolute Gasteiger partial charge is 0.321 e. The van der Waals surface area contributed by atoms with Gasteiger partial charge in [0.25, 0.3) is 0 Å². The Hall–Kier alpha value is -2.68. The Balaban J connectivity index is 1.73. The predicted molar refractivity (Wildman–Crippen MR) is 97.4 cm³/mol. The Morgan fingerprint density at radius 3 is 1.88 bits per heavy atom. The van der Waals surface area contributed by atoms with E-state index < -0.39 is 0 Å². The highest BCUT2D eigenvalue weighted by atomic mass is 16.5. The SMILES string of the molecule is Cc1ccc(-c2cnc(Oc3ccc(C(C)(C)C)cc3)nc2)cc1. The summed E-state index contributed by atoms with van der Waals surface area (Å²) in [5, 5.41) is 0. The maximum Gasteiger partial charge on any atom is 0.321 e. The molecule has 3 rings (SSSR count). The Morgan fingerprint density at radius 1 is 0.750 bits per heavy atom. The molecule has 0 aliphatic heterocycles. The summed E-state index contributed by atoms with van der Waals surface area (Å²) in [6, 6.07) is 16.7. The zero-order chi connectivity index (χ0) is 17.2. The molecule has 0 radical (unpaired) electrons. The molecule has 3 aromatic rings. The highest BCUT2D eigenvalue weighted by Gasteiger charge is 2.13. The molecule has 3 nitrogen and oxygen atoms in total. The van der Waals surface area contributed by atoms with Gasteiger partial charge in [-0.15, -0.1) is 0 Å². The first-order chi connectivity index (χ1) is 11.4. The van der Waals surface area contributed by atoms with Crippen molar-refractivity contribution in [3.63, 3.8) is 0 Å². The van der Waals surface area contributed by atoms with Crippen LogP contribution in [-0.4, -0.2) is 9.97 Å². The standard InChI is InChI=1S/C21H22N2O/c1-15-5-7-16(8-6-15)17-13-22-20(23-14-17)24-19-11-9-18(10-12-19)21(2,3)4/h5-14H,1-4H3. The lowest BCUT2D eigenvalue weighted by Gasteiger charge is -2.18. The van der Waals surface area contributed by atoms with Crippen molar-refractivity contribution in [2.45, 2.75) is 33.1 Å². The molecule has 3 heteroatoms. The van der Waals surface area contributed by atoms with E-state index in [1.807, 2.05) is 12.1 Å². The number of aromatic nitrogens is 2. The van der Waals surface area contributed by atoms with E-state index in [0.29, 0.717) is 6.01 Å². The predicted octanol–water partition coefficient (Wildman–Crippen LogP) is 5.54. The van der Waals surface area contributed by atoms with E-state index in [1.54, 1.807) is 12.4 Å². The van der Waals surface area contributed by atoms with Crippen LogP contribution in [-0.2, 0) is 5.41 Å². The first kappa shape index (κ1) is 16.2. The van der Waals surface area contributed by atoms with Gasteiger partial charge in [-0.2, -0.15) is 0 Å². The molecule has 0 unspecified atom stereocenters. The lowest BCUT2D eigenvalue weighted by atomic mass is 9.87. The van der Waals surface area contributed by atoms with Crippen molar-refractivity contribution in [3.8, 4) is 22.9 Å². The van der Waals surface area contributed by atoms with Crippen LogP contribution < -0.4 is 4.74 Å². The Bertz CT molecular complexity index is 798. The molecule has 0 saturated carbocycles. The molecular formula is C21H22N2O. The molecule has 1 aromatic heterocycles. The van der Waals surface area contributed by atoms with Crippen LogP contribution in [0.3, 0.4) is 0 Å². The van der Waals surface area contributed by atoms with Crippen molar-refractivity contribution >= 4 is 0 Å². The highest BCUT2D eigenvalue weighted by Crippen LogP contribution is 2.26. The Kier molecular flexibility index (Phi) is 4.34. The third kappa shape index (κ3) is 3.80. The lowest BCUT2D eigenvalue weighted by Crippen LogP contribution is -2.10. The fourth-order valence-corrected chi connectivity index (χ4v) is 2.39. The number of hydrogen-bond donors (Lipinski definition) is 0. The topological polar surface area (TPSA) is 35.0 Å². The number of ether oxygens (including phenoxy) is 1. The van der Waals surface area contributed by atoms with E-state index in [4.69, 9.17) is 4.74 Å². The highest BCUT2D eigenvalue weighted by molar-refractivity contribution is 5.61. The zero-order valence-corrected chi connectivity index (χ0v) is 14.6.